The SMILES string of the molecule is CCCC(=O)OC(C(C)C)C(CC)CC. The van der Waals surface area contributed by atoms with Crippen LogP contribution in [0.4, 0.5) is 0 Å². The Morgan fingerprint density at radius 1 is 1.13 bits per heavy atom. The Balaban J connectivity index is 4.32. The first-order chi connectivity index (χ1) is 7.06. The molecule has 15 heavy (non-hydrogen) atoms. The Bertz CT molecular complexity index is 171. The molecule has 0 aliphatic heterocycles. The molecule has 0 amide bonds. The van der Waals surface area contributed by atoms with Gasteiger partial charge in [0.15, 0.2) is 0 Å². The Hall–Kier alpha value is -0.530. The van der Waals surface area contributed by atoms with Crippen LogP contribution >= 0.6 is 0 Å². The van der Waals surface area contributed by atoms with Gasteiger partial charge in [0.05, 0.1) is 0 Å². The molecule has 0 spiro atoms. The monoisotopic (exact) mass is 214 g/mol. The van der Waals surface area contributed by atoms with Crippen molar-refractivity contribution in [1.82, 2.24) is 0 Å². The van der Waals surface area contributed by atoms with Gasteiger partial charge in [-0.2, -0.15) is 0 Å². The van der Waals surface area contributed by atoms with Crippen LogP contribution in [0, 0.1) is 11.8 Å². The van der Waals surface area contributed by atoms with Gasteiger partial charge in [-0.15, -0.1) is 0 Å². The molecule has 0 heterocycles. The minimum atomic E-state index is -0.0388. The summed E-state index contributed by atoms with van der Waals surface area (Å²) in [4.78, 5) is 11.5. The molecule has 0 aromatic carbocycles. The number of carbonyl (C=O) groups excluding carboxylic acids is 1. The van der Waals surface area contributed by atoms with Crippen molar-refractivity contribution in [2.24, 2.45) is 11.8 Å². The molecule has 90 valence electrons. The van der Waals surface area contributed by atoms with Crippen LogP contribution in [-0.4, -0.2) is 12.1 Å². The number of esters is 1. The van der Waals surface area contributed by atoms with Gasteiger partial charge in [0.1, 0.15) is 6.10 Å². The standard InChI is InChI=1S/C13H26O2/c1-6-9-12(14)15-13(10(4)5)11(7-2)8-3/h10-11,13H,6-9H2,1-5H3. The highest BCUT2D eigenvalue weighted by Crippen LogP contribution is 2.23. The number of hydrogen-bond acceptors (Lipinski definition) is 2. The first-order valence-electron chi connectivity index (χ1n) is 6.26. The van der Waals surface area contributed by atoms with Crippen molar-refractivity contribution in [3.05, 3.63) is 0 Å². The lowest BCUT2D eigenvalue weighted by atomic mass is 9.89. The van der Waals surface area contributed by atoms with E-state index >= 15 is 0 Å². The summed E-state index contributed by atoms with van der Waals surface area (Å²) in [6, 6.07) is 0. The van der Waals surface area contributed by atoms with Crippen LogP contribution in [-0.2, 0) is 9.53 Å². The molecule has 0 saturated heterocycles. The fourth-order valence-electron chi connectivity index (χ4n) is 1.94. The Morgan fingerprint density at radius 2 is 1.67 bits per heavy atom. The zero-order valence-corrected chi connectivity index (χ0v) is 10.9. The van der Waals surface area contributed by atoms with E-state index in [1.54, 1.807) is 0 Å². The molecule has 1 unspecified atom stereocenters. The topological polar surface area (TPSA) is 26.3 Å². The first kappa shape index (κ1) is 14.5. The van der Waals surface area contributed by atoms with Gasteiger partial charge in [-0.1, -0.05) is 34.6 Å². The lowest BCUT2D eigenvalue weighted by Gasteiger charge is -2.28. The van der Waals surface area contributed by atoms with E-state index in [0.29, 0.717) is 18.3 Å². The van der Waals surface area contributed by atoms with Gasteiger partial charge >= 0.3 is 5.97 Å². The third-order valence-electron chi connectivity index (χ3n) is 2.89. The van der Waals surface area contributed by atoms with E-state index in [1.165, 1.54) is 0 Å². The lowest BCUT2D eigenvalue weighted by Crippen LogP contribution is -2.31. The summed E-state index contributed by atoms with van der Waals surface area (Å²) in [7, 11) is 0. The van der Waals surface area contributed by atoms with E-state index in [0.717, 1.165) is 19.3 Å². The second-order valence-corrected chi connectivity index (χ2v) is 4.53. The summed E-state index contributed by atoms with van der Waals surface area (Å²) < 4.78 is 5.56. The molecule has 2 heteroatoms. The van der Waals surface area contributed by atoms with Crippen LogP contribution in [0.15, 0.2) is 0 Å². The molecule has 0 radical (unpaired) electrons. The van der Waals surface area contributed by atoms with Crippen LogP contribution in [0.25, 0.3) is 0 Å². The van der Waals surface area contributed by atoms with Crippen molar-refractivity contribution in [1.29, 1.82) is 0 Å². The molecule has 0 rings (SSSR count). The summed E-state index contributed by atoms with van der Waals surface area (Å²) in [6.45, 7) is 10.6. The van der Waals surface area contributed by atoms with Gasteiger partial charge < -0.3 is 4.74 Å². The largest absolute Gasteiger partial charge is 0.462 e. The normalized spacial score (nSPS) is 13.3. The maximum Gasteiger partial charge on any atom is 0.306 e. The Labute approximate surface area is 94.4 Å². The van der Waals surface area contributed by atoms with Crippen molar-refractivity contribution in [3.63, 3.8) is 0 Å². The van der Waals surface area contributed by atoms with E-state index < -0.39 is 0 Å². The number of rotatable bonds is 7. The van der Waals surface area contributed by atoms with Crippen LogP contribution in [0.5, 0.6) is 0 Å². The van der Waals surface area contributed by atoms with Gasteiger partial charge in [-0.05, 0) is 31.1 Å². The van der Waals surface area contributed by atoms with Gasteiger partial charge in [0.25, 0.3) is 0 Å². The molecule has 2 nitrogen and oxygen atoms in total. The van der Waals surface area contributed by atoms with Gasteiger partial charge in [-0.3, -0.25) is 4.79 Å². The molecular formula is C13H26O2. The maximum absolute atomic E-state index is 11.5. The van der Waals surface area contributed by atoms with Crippen molar-refractivity contribution in [2.75, 3.05) is 0 Å². The van der Waals surface area contributed by atoms with Crippen LogP contribution in [0.2, 0.25) is 0 Å². The summed E-state index contributed by atoms with van der Waals surface area (Å²) in [5, 5.41) is 0. The zero-order chi connectivity index (χ0) is 11.8. The minimum absolute atomic E-state index is 0.0388. The smallest absolute Gasteiger partial charge is 0.306 e. The van der Waals surface area contributed by atoms with E-state index in [4.69, 9.17) is 4.74 Å². The molecule has 0 fully saturated rings. The van der Waals surface area contributed by atoms with Crippen LogP contribution in [0.3, 0.4) is 0 Å². The lowest BCUT2D eigenvalue weighted by molar-refractivity contribution is -0.155. The molecule has 0 aromatic heterocycles. The van der Waals surface area contributed by atoms with Crippen molar-refractivity contribution in [3.8, 4) is 0 Å². The highest BCUT2D eigenvalue weighted by molar-refractivity contribution is 5.69. The van der Waals surface area contributed by atoms with E-state index in [1.807, 2.05) is 6.92 Å². The third-order valence-corrected chi connectivity index (χ3v) is 2.89. The fourth-order valence-corrected chi connectivity index (χ4v) is 1.94. The van der Waals surface area contributed by atoms with Crippen molar-refractivity contribution < 1.29 is 9.53 Å². The molecule has 0 aromatic rings. The Kier molecular flexibility index (Phi) is 7.45. The van der Waals surface area contributed by atoms with E-state index in [9.17, 15) is 4.79 Å². The molecular weight excluding hydrogens is 188 g/mol. The third kappa shape index (κ3) is 5.19. The second kappa shape index (κ2) is 7.72. The van der Waals surface area contributed by atoms with Gasteiger partial charge in [0, 0.05) is 6.42 Å². The average Bonchev–Trinajstić information content (AvgIpc) is 2.18. The fraction of sp³-hybridized carbons (Fsp3) is 0.923. The summed E-state index contributed by atoms with van der Waals surface area (Å²) in [5.74, 6) is 0.879. The molecule has 0 aliphatic carbocycles. The molecule has 0 bridgehead atoms. The van der Waals surface area contributed by atoms with Crippen LogP contribution < -0.4 is 0 Å². The number of carbonyl (C=O) groups is 1. The average molecular weight is 214 g/mol. The maximum atomic E-state index is 11.5. The van der Waals surface area contributed by atoms with Crippen LogP contribution in [0.1, 0.15) is 60.3 Å². The summed E-state index contributed by atoms with van der Waals surface area (Å²) >= 11 is 0. The van der Waals surface area contributed by atoms with Gasteiger partial charge in [0.2, 0.25) is 0 Å². The first-order valence-corrected chi connectivity index (χ1v) is 6.26. The molecule has 0 aliphatic rings. The van der Waals surface area contributed by atoms with E-state index in [-0.39, 0.29) is 12.1 Å². The predicted molar refractivity (Wildman–Crippen MR) is 63.7 cm³/mol. The summed E-state index contributed by atoms with van der Waals surface area (Å²) in [6.07, 6.45) is 3.67. The van der Waals surface area contributed by atoms with Gasteiger partial charge in [-0.25, -0.2) is 0 Å². The summed E-state index contributed by atoms with van der Waals surface area (Å²) in [5.41, 5.74) is 0. The zero-order valence-electron chi connectivity index (χ0n) is 10.9. The molecule has 1 atom stereocenters. The number of hydrogen-bond donors (Lipinski definition) is 0. The van der Waals surface area contributed by atoms with Crippen molar-refractivity contribution >= 4 is 5.97 Å². The Morgan fingerprint density at radius 3 is 2.00 bits per heavy atom. The highest BCUT2D eigenvalue weighted by atomic mass is 16.5. The molecule has 0 saturated carbocycles. The van der Waals surface area contributed by atoms with Crippen molar-refractivity contribution in [2.45, 2.75) is 66.4 Å². The minimum Gasteiger partial charge on any atom is -0.462 e. The molecule has 0 N–H and O–H groups in total. The number of ether oxygens (including phenoxy) is 1. The second-order valence-electron chi connectivity index (χ2n) is 4.53. The van der Waals surface area contributed by atoms with E-state index in [2.05, 4.69) is 27.7 Å². The predicted octanol–water partition coefficient (Wildman–Crippen LogP) is 3.79. The quantitative estimate of drug-likeness (QED) is 0.603. The highest BCUT2D eigenvalue weighted by Gasteiger charge is 2.25.